The lowest BCUT2D eigenvalue weighted by atomic mass is 10.1. The first-order chi connectivity index (χ1) is 10.6. The Morgan fingerprint density at radius 3 is 2.41 bits per heavy atom. The van der Waals surface area contributed by atoms with Crippen molar-refractivity contribution in [1.82, 2.24) is 4.90 Å². The second-order valence-corrected chi connectivity index (χ2v) is 6.80. The summed E-state index contributed by atoms with van der Waals surface area (Å²) in [6.07, 6.45) is 0. The van der Waals surface area contributed by atoms with Gasteiger partial charge in [0.25, 0.3) is 5.91 Å². The van der Waals surface area contributed by atoms with Crippen molar-refractivity contribution in [3.63, 3.8) is 0 Å². The zero-order chi connectivity index (χ0) is 15.4. The molecule has 0 aromatic heterocycles. The second kappa shape index (κ2) is 4.76. The molecule has 0 atom stereocenters. The highest BCUT2D eigenvalue weighted by molar-refractivity contribution is 8.30. The van der Waals surface area contributed by atoms with Crippen LogP contribution in [0.5, 0.6) is 0 Å². The summed E-state index contributed by atoms with van der Waals surface area (Å²) in [6.45, 7) is 2.40. The van der Waals surface area contributed by atoms with E-state index in [1.165, 1.54) is 11.8 Å². The first-order valence-corrected chi connectivity index (χ1v) is 8.20. The monoisotopic (exact) mass is 325 g/mol. The third-order valence-corrected chi connectivity index (χ3v) is 5.49. The number of rotatable bonds is 1. The summed E-state index contributed by atoms with van der Waals surface area (Å²) in [5.74, 6) is -0.161. The molecule has 0 bridgehead atoms. The molecule has 1 aliphatic rings. The molecule has 1 saturated heterocycles. The Balaban J connectivity index is 2.22. The van der Waals surface area contributed by atoms with Gasteiger partial charge in [-0.3, -0.25) is 14.5 Å². The average Bonchev–Trinajstić information content (AvgIpc) is 2.96. The van der Waals surface area contributed by atoms with Crippen LogP contribution in [0, 0.1) is 0 Å². The number of benzene rings is 2. The van der Waals surface area contributed by atoms with Crippen molar-refractivity contribution in [3.05, 3.63) is 51.8 Å². The van der Waals surface area contributed by atoms with E-state index in [9.17, 15) is 9.59 Å². The van der Waals surface area contributed by atoms with Gasteiger partial charge in [0.2, 0.25) is 0 Å². The third kappa shape index (κ3) is 1.66. The lowest BCUT2D eigenvalue weighted by molar-refractivity contribution is -0.120. The number of nitrogens with zero attached hydrogens (tertiary/aromatic N) is 1. The minimum atomic E-state index is -0.161. The molecule has 4 rings (SSSR count). The van der Waals surface area contributed by atoms with E-state index in [2.05, 4.69) is 0 Å². The summed E-state index contributed by atoms with van der Waals surface area (Å²) in [5, 5.41) is 3.97. The molecular weight excluding hydrogens is 314 g/mol. The normalized spacial score (nSPS) is 18.1. The molecule has 22 heavy (non-hydrogen) atoms. The molecule has 0 N–H and O–H groups in total. The number of thiocarbonyl (C=S) groups is 1. The van der Waals surface area contributed by atoms with Crippen molar-refractivity contribution in [2.75, 3.05) is 6.54 Å². The third-order valence-electron chi connectivity index (χ3n) is 4.04. The standard InChI is InChI=1S/C17H11NO2S2/c1-2-18-16(20)15(22-17(18)21)13-10-7-3-5-9-6-4-8-11(12(9)10)14(13)19/h3-8H,2H2,1H3/b15-13-. The fourth-order valence-corrected chi connectivity index (χ4v) is 4.50. The zero-order valence-electron chi connectivity index (χ0n) is 11.8. The fraction of sp³-hybridized carbons (Fsp3) is 0.118. The first kappa shape index (κ1) is 13.7. The van der Waals surface area contributed by atoms with Gasteiger partial charge < -0.3 is 0 Å². The Morgan fingerprint density at radius 1 is 1.09 bits per heavy atom. The highest BCUT2D eigenvalue weighted by Crippen LogP contribution is 2.32. The van der Waals surface area contributed by atoms with Gasteiger partial charge in [-0.05, 0) is 17.7 Å². The summed E-state index contributed by atoms with van der Waals surface area (Å²) in [5.41, 5.74) is -0.0802. The van der Waals surface area contributed by atoms with E-state index in [-0.39, 0.29) is 11.3 Å². The molecule has 3 nitrogen and oxygen atoms in total. The smallest absolute Gasteiger partial charge is 0.266 e. The van der Waals surface area contributed by atoms with Crippen LogP contribution in [-0.2, 0) is 4.79 Å². The van der Waals surface area contributed by atoms with Crippen LogP contribution in [0.4, 0.5) is 0 Å². The molecule has 0 saturated carbocycles. The van der Waals surface area contributed by atoms with Crippen LogP contribution in [-0.4, -0.2) is 21.7 Å². The van der Waals surface area contributed by atoms with E-state index in [1.54, 1.807) is 4.90 Å². The molecule has 0 spiro atoms. The summed E-state index contributed by atoms with van der Waals surface area (Å²) < 4.78 is 0.519. The molecule has 108 valence electrons. The van der Waals surface area contributed by atoms with Crippen molar-refractivity contribution in [2.24, 2.45) is 0 Å². The van der Waals surface area contributed by atoms with Gasteiger partial charge >= 0.3 is 0 Å². The predicted molar refractivity (Wildman–Crippen MR) is 95.1 cm³/mol. The minimum absolute atomic E-state index is 0.0802. The van der Waals surface area contributed by atoms with Crippen molar-refractivity contribution >= 4 is 60.7 Å². The maximum absolute atomic E-state index is 12.8. The van der Waals surface area contributed by atoms with Gasteiger partial charge in [0, 0.05) is 17.3 Å². The number of hydrogen-bond acceptors (Lipinski definition) is 4. The first-order valence-electron chi connectivity index (χ1n) is 6.98. The quantitative estimate of drug-likeness (QED) is 0.644. The fourth-order valence-electron chi connectivity index (χ4n) is 3.04. The van der Waals surface area contributed by atoms with E-state index >= 15 is 0 Å². The highest BCUT2D eigenvalue weighted by atomic mass is 32.2. The maximum atomic E-state index is 12.8. The van der Waals surface area contributed by atoms with Crippen LogP contribution in [0.25, 0.3) is 26.5 Å². The SMILES string of the molecule is CCN1C(=O)/C(=c2/c(=O)c3cccc4cccc2c43)SC1=S. The molecule has 1 aliphatic heterocycles. The van der Waals surface area contributed by atoms with Gasteiger partial charge in [-0.15, -0.1) is 0 Å². The average molecular weight is 325 g/mol. The second-order valence-electron chi connectivity index (χ2n) is 5.16. The van der Waals surface area contributed by atoms with E-state index < -0.39 is 0 Å². The number of carbonyl (C=O) groups excluding carboxylic acids is 1. The topological polar surface area (TPSA) is 37.4 Å². The van der Waals surface area contributed by atoms with Crippen LogP contribution < -0.4 is 10.6 Å². The number of thioether (sulfide) groups is 1. The van der Waals surface area contributed by atoms with Crippen molar-refractivity contribution in [3.8, 4) is 0 Å². The van der Waals surface area contributed by atoms with Gasteiger partial charge in [-0.1, -0.05) is 60.4 Å². The van der Waals surface area contributed by atoms with Crippen molar-refractivity contribution in [1.29, 1.82) is 0 Å². The molecule has 0 unspecified atom stereocenters. The summed E-state index contributed by atoms with van der Waals surface area (Å²) in [6, 6.07) is 11.5. The maximum Gasteiger partial charge on any atom is 0.266 e. The van der Waals surface area contributed by atoms with Gasteiger partial charge in [-0.25, -0.2) is 0 Å². The van der Waals surface area contributed by atoms with Gasteiger partial charge in [0.05, 0.1) is 10.1 Å². The number of hydrogen-bond donors (Lipinski definition) is 0. The molecule has 0 aliphatic carbocycles. The molecular formula is C17H11NO2S2. The summed E-state index contributed by atoms with van der Waals surface area (Å²) in [7, 11) is 0. The number of amides is 1. The molecule has 1 heterocycles. The summed E-state index contributed by atoms with van der Waals surface area (Å²) >= 11 is 6.49. The Hall–Kier alpha value is -1.98. The van der Waals surface area contributed by atoms with Crippen LogP contribution in [0.15, 0.2) is 41.2 Å². The molecule has 3 aromatic carbocycles. The van der Waals surface area contributed by atoms with Crippen LogP contribution in [0.2, 0.25) is 0 Å². The number of carbonyl (C=O) groups is 1. The van der Waals surface area contributed by atoms with Crippen LogP contribution >= 0.6 is 24.0 Å². The van der Waals surface area contributed by atoms with E-state index in [4.69, 9.17) is 12.2 Å². The van der Waals surface area contributed by atoms with Crippen LogP contribution in [0.1, 0.15) is 6.92 Å². The van der Waals surface area contributed by atoms with Crippen molar-refractivity contribution < 1.29 is 4.79 Å². The Kier molecular flexibility index (Phi) is 2.96. The molecule has 1 fully saturated rings. The Bertz CT molecular complexity index is 1050. The Morgan fingerprint density at radius 2 is 1.77 bits per heavy atom. The minimum Gasteiger partial charge on any atom is -0.293 e. The van der Waals surface area contributed by atoms with Gasteiger partial charge in [0.1, 0.15) is 4.32 Å². The molecule has 3 aromatic rings. The van der Waals surface area contributed by atoms with E-state index in [1.807, 2.05) is 43.3 Å². The van der Waals surface area contributed by atoms with Gasteiger partial charge in [-0.2, -0.15) is 0 Å². The van der Waals surface area contributed by atoms with E-state index in [0.717, 1.165) is 16.2 Å². The molecule has 5 heteroatoms. The Labute approximate surface area is 135 Å². The van der Waals surface area contributed by atoms with Crippen LogP contribution in [0.3, 0.4) is 0 Å². The molecule has 0 radical (unpaired) electrons. The lowest BCUT2D eigenvalue weighted by Gasteiger charge is -2.09. The molecule has 1 amide bonds. The van der Waals surface area contributed by atoms with Crippen molar-refractivity contribution in [2.45, 2.75) is 6.92 Å². The van der Waals surface area contributed by atoms with Gasteiger partial charge in [0.15, 0.2) is 5.43 Å². The summed E-state index contributed by atoms with van der Waals surface area (Å²) in [4.78, 5) is 27.4. The lowest BCUT2D eigenvalue weighted by Crippen LogP contribution is -2.30. The highest BCUT2D eigenvalue weighted by Gasteiger charge is 2.32. The predicted octanol–water partition coefficient (Wildman–Crippen LogP) is 2.50. The largest absolute Gasteiger partial charge is 0.293 e. The zero-order valence-corrected chi connectivity index (χ0v) is 13.4. The van der Waals surface area contributed by atoms with E-state index in [0.29, 0.717) is 26.4 Å².